The summed E-state index contributed by atoms with van der Waals surface area (Å²) in [4.78, 5) is 0. The maximum absolute atomic E-state index is 13.6. The average molecular weight is 230 g/mol. The van der Waals surface area contributed by atoms with Crippen molar-refractivity contribution in [2.75, 3.05) is 13.1 Å². The van der Waals surface area contributed by atoms with Crippen molar-refractivity contribution in [2.45, 2.75) is 18.8 Å². The highest BCUT2D eigenvalue weighted by atomic mass is 35.5. The number of hydrogen-bond donors (Lipinski definition) is 2. The third kappa shape index (κ3) is 2.24. The molecule has 4 heteroatoms. The second-order valence-electron chi connectivity index (χ2n) is 3.87. The molecule has 2 nitrogen and oxygen atoms in total. The van der Waals surface area contributed by atoms with E-state index in [1.54, 1.807) is 0 Å². The van der Waals surface area contributed by atoms with Gasteiger partial charge < -0.3 is 10.4 Å². The van der Waals surface area contributed by atoms with Crippen LogP contribution in [0.25, 0.3) is 0 Å². The van der Waals surface area contributed by atoms with Gasteiger partial charge in [-0.15, -0.1) is 0 Å². The Bertz CT molecular complexity index is 341. The fourth-order valence-electron chi connectivity index (χ4n) is 2.06. The van der Waals surface area contributed by atoms with Gasteiger partial charge in [0.2, 0.25) is 0 Å². The normalized spacial score (nSPS) is 21.6. The number of halogens is 2. The van der Waals surface area contributed by atoms with Crippen molar-refractivity contribution in [1.82, 2.24) is 5.32 Å². The van der Waals surface area contributed by atoms with Gasteiger partial charge in [0.25, 0.3) is 0 Å². The van der Waals surface area contributed by atoms with Crippen molar-refractivity contribution < 1.29 is 9.50 Å². The van der Waals surface area contributed by atoms with Gasteiger partial charge in [-0.25, -0.2) is 4.39 Å². The lowest BCUT2D eigenvalue weighted by molar-refractivity contribution is 0.439. The molecule has 2 N–H and O–H groups in total. The predicted octanol–water partition coefficient (Wildman–Crippen LogP) is 2.65. The number of phenolic OH excluding ortho intramolecular Hbond substituents is 1. The minimum Gasteiger partial charge on any atom is -0.508 e. The summed E-state index contributed by atoms with van der Waals surface area (Å²) in [6.45, 7) is 1.73. The lowest BCUT2D eigenvalue weighted by Gasteiger charge is -2.24. The second kappa shape index (κ2) is 4.37. The Morgan fingerprint density at radius 3 is 2.87 bits per heavy atom. The maximum Gasteiger partial charge on any atom is 0.131 e. The van der Waals surface area contributed by atoms with E-state index in [0.717, 1.165) is 32.0 Å². The van der Waals surface area contributed by atoms with Gasteiger partial charge >= 0.3 is 0 Å². The molecule has 1 atom stereocenters. The van der Waals surface area contributed by atoms with Gasteiger partial charge in [0.1, 0.15) is 11.6 Å². The highest BCUT2D eigenvalue weighted by molar-refractivity contribution is 6.31. The molecule has 1 aromatic rings. The van der Waals surface area contributed by atoms with Crippen molar-refractivity contribution in [3.8, 4) is 5.75 Å². The Balaban J connectivity index is 2.33. The van der Waals surface area contributed by atoms with Crippen molar-refractivity contribution in [1.29, 1.82) is 0 Å². The molecule has 2 rings (SSSR count). The zero-order chi connectivity index (χ0) is 10.8. The fraction of sp³-hybridized carbons (Fsp3) is 0.455. The molecule has 0 spiro atoms. The molecule has 0 aliphatic carbocycles. The first-order chi connectivity index (χ1) is 7.18. The van der Waals surface area contributed by atoms with Gasteiger partial charge in [-0.3, -0.25) is 0 Å². The molecule has 0 saturated carbocycles. The van der Waals surface area contributed by atoms with E-state index < -0.39 is 5.82 Å². The van der Waals surface area contributed by atoms with Gasteiger partial charge in [0.05, 0.1) is 5.02 Å². The molecule has 0 bridgehead atoms. The average Bonchev–Trinajstić information content (AvgIpc) is 2.17. The molecule has 1 aliphatic rings. The van der Waals surface area contributed by atoms with Gasteiger partial charge in [-0.1, -0.05) is 11.6 Å². The SMILES string of the molecule is Oc1cc(F)c(C2CCCNC2)c(Cl)c1. The Hall–Kier alpha value is -0.800. The number of hydrogen-bond acceptors (Lipinski definition) is 2. The molecule has 1 heterocycles. The minimum absolute atomic E-state index is 0.117. The lowest BCUT2D eigenvalue weighted by Crippen LogP contribution is -2.29. The molecule has 1 fully saturated rings. The van der Waals surface area contributed by atoms with Crippen molar-refractivity contribution in [3.05, 3.63) is 28.5 Å². The van der Waals surface area contributed by atoms with E-state index in [9.17, 15) is 9.50 Å². The summed E-state index contributed by atoms with van der Waals surface area (Å²) in [5.74, 6) is -0.412. The third-order valence-corrected chi connectivity index (χ3v) is 3.08. The first-order valence-electron chi connectivity index (χ1n) is 5.07. The number of rotatable bonds is 1. The van der Waals surface area contributed by atoms with E-state index >= 15 is 0 Å². The lowest BCUT2D eigenvalue weighted by atomic mass is 9.91. The monoisotopic (exact) mass is 229 g/mol. The Morgan fingerprint density at radius 2 is 2.27 bits per heavy atom. The Morgan fingerprint density at radius 1 is 1.47 bits per heavy atom. The molecule has 1 unspecified atom stereocenters. The molecular weight excluding hydrogens is 217 g/mol. The molecule has 82 valence electrons. The van der Waals surface area contributed by atoms with Crippen LogP contribution >= 0.6 is 11.6 Å². The van der Waals surface area contributed by atoms with Crippen molar-refractivity contribution in [3.63, 3.8) is 0 Å². The largest absolute Gasteiger partial charge is 0.508 e. The quantitative estimate of drug-likeness (QED) is 0.776. The van der Waals surface area contributed by atoms with Crippen LogP contribution < -0.4 is 5.32 Å². The van der Waals surface area contributed by atoms with Crippen molar-refractivity contribution >= 4 is 11.6 Å². The van der Waals surface area contributed by atoms with Crippen LogP contribution in [-0.2, 0) is 0 Å². The topological polar surface area (TPSA) is 32.3 Å². The Labute approximate surface area is 93.1 Å². The maximum atomic E-state index is 13.6. The van der Waals surface area contributed by atoms with Crippen LogP contribution in [-0.4, -0.2) is 18.2 Å². The fourth-order valence-corrected chi connectivity index (χ4v) is 2.42. The van der Waals surface area contributed by atoms with Crippen molar-refractivity contribution in [2.24, 2.45) is 0 Å². The van der Waals surface area contributed by atoms with Crippen LogP contribution in [0.4, 0.5) is 4.39 Å². The summed E-state index contributed by atoms with van der Waals surface area (Å²) < 4.78 is 13.6. The first kappa shape index (κ1) is 10.7. The van der Waals surface area contributed by atoms with Crippen LogP contribution in [0, 0.1) is 5.82 Å². The summed E-state index contributed by atoms with van der Waals surface area (Å²) in [7, 11) is 0. The summed E-state index contributed by atoms with van der Waals surface area (Å²) in [5.41, 5.74) is 0.529. The molecule has 0 amide bonds. The highest BCUT2D eigenvalue weighted by Gasteiger charge is 2.21. The Kier molecular flexibility index (Phi) is 3.12. The summed E-state index contributed by atoms with van der Waals surface area (Å²) in [5, 5.41) is 12.7. The zero-order valence-corrected chi connectivity index (χ0v) is 9.02. The molecule has 0 aromatic heterocycles. The van der Waals surface area contributed by atoms with E-state index in [2.05, 4.69) is 5.32 Å². The first-order valence-corrected chi connectivity index (χ1v) is 5.45. The van der Waals surface area contributed by atoms with Gasteiger partial charge in [-0.2, -0.15) is 0 Å². The predicted molar refractivity (Wildman–Crippen MR) is 57.9 cm³/mol. The van der Waals surface area contributed by atoms with E-state index in [0.29, 0.717) is 10.6 Å². The smallest absolute Gasteiger partial charge is 0.131 e. The summed E-state index contributed by atoms with van der Waals surface area (Å²) in [6, 6.07) is 2.52. The van der Waals surface area contributed by atoms with E-state index in [-0.39, 0.29) is 11.7 Å². The summed E-state index contributed by atoms with van der Waals surface area (Å²) in [6.07, 6.45) is 1.97. The summed E-state index contributed by atoms with van der Waals surface area (Å²) >= 11 is 5.94. The van der Waals surface area contributed by atoms with Gasteiger partial charge in [-0.05, 0) is 25.5 Å². The number of piperidine rings is 1. The highest BCUT2D eigenvalue weighted by Crippen LogP contribution is 2.34. The number of phenols is 1. The van der Waals surface area contributed by atoms with E-state index in [1.165, 1.54) is 6.07 Å². The standard InChI is InChI=1S/C11H13ClFNO/c12-9-4-8(15)5-10(13)11(9)7-2-1-3-14-6-7/h4-5,7,14-15H,1-3,6H2. The van der Waals surface area contributed by atoms with Crippen LogP contribution in [0.1, 0.15) is 24.3 Å². The number of benzene rings is 1. The zero-order valence-electron chi connectivity index (χ0n) is 8.26. The van der Waals surface area contributed by atoms with Crippen LogP contribution in [0.5, 0.6) is 5.75 Å². The molecular formula is C11H13ClFNO. The van der Waals surface area contributed by atoms with Gasteiger partial charge in [0, 0.05) is 24.1 Å². The molecule has 1 aromatic carbocycles. The molecule has 0 radical (unpaired) electrons. The van der Waals surface area contributed by atoms with E-state index in [1.807, 2.05) is 0 Å². The van der Waals surface area contributed by atoms with Crippen LogP contribution in [0.2, 0.25) is 5.02 Å². The number of nitrogens with one attached hydrogen (secondary N) is 1. The van der Waals surface area contributed by atoms with Crippen LogP contribution in [0.3, 0.4) is 0 Å². The van der Waals surface area contributed by atoms with Gasteiger partial charge in [0.15, 0.2) is 0 Å². The number of aromatic hydroxyl groups is 1. The molecule has 1 aliphatic heterocycles. The molecule has 15 heavy (non-hydrogen) atoms. The van der Waals surface area contributed by atoms with Crippen LogP contribution in [0.15, 0.2) is 12.1 Å². The minimum atomic E-state index is -0.409. The second-order valence-corrected chi connectivity index (χ2v) is 4.27. The third-order valence-electron chi connectivity index (χ3n) is 2.77. The molecule has 1 saturated heterocycles. The van der Waals surface area contributed by atoms with E-state index in [4.69, 9.17) is 11.6 Å².